The van der Waals surface area contributed by atoms with Crippen molar-refractivity contribution in [3.8, 4) is 0 Å². The fourth-order valence-corrected chi connectivity index (χ4v) is 6.87. The average Bonchev–Trinajstić information content (AvgIpc) is 3.51. The van der Waals surface area contributed by atoms with Crippen LogP contribution in [0.15, 0.2) is 15.7 Å². The van der Waals surface area contributed by atoms with E-state index in [-0.39, 0.29) is 41.2 Å². The van der Waals surface area contributed by atoms with Crippen LogP contribution in [0.4, 0.5) is 5.13 Å². The SMILES string of the molecule is CCOC(=O)CON=C(C(=O)NC1C(=O)N2CC(CSc3nnnn3C)(C(=O)O)CS[C@H]12)c1csc(N)n1. The van der Waals surface area contributed by atoms with E-state index in [1.165, 1.54) is 38.5 Å². The molecular formula is C19H23N9O7S3. The van der Waals surface area contributed by atoms with Gasteiger partial charge < -0.3 is 30.6 Å². The van der Waals surface area contributed by atoms with Gasteiger partial charge in [0.15, 0.2) is 10.8 Å². The van der Waals surface area contributed by atoms with Gasteiger partial charge in [0.25, 0.3) is 5.91 Å². The van der Waals surface area contributed by atoms with Gasteiger partial charge >= 0.3 is 11.9 Å². The number of carboxylic acids is 1. The number of thioether (sulfide) groups is 2. The number of nitrogens with one attached hydrogen (secondary N) is 1. The van der Waals surface area contributed by atoms with Crippen LogP contribution in [0.25, 0.3) is 0 Å². The molecule has 0 aromatic carbocycles. The minimum absolute atomic E-state index is 0.0320. The number of ether oxygens (including phenoxy) is 1. The first-order valence-electron chi connectivity index (χ1n) is 11.0. The van der Waals surface area contributed by atoms with Crippen LogP contribution in [0.3, 0.4) is 0 Å². The van der Waals surface area contributed by atoms with E-state index in [1.807, 2.05) is 0 Å². The number of tetrazole rings is 1. The molecule has 16 nitrogen and oxygen atoms in total. The summed E-state index contributed by atoms with van der Waals surface area (Å²) in [5, 5.41) is 29.1. The van der Waals surface area contributed by atoms with Gasteiger partial charge in [-0.15, -0.1) is 28.2 Å². The van der Waals surface area contributed by atoms with Crippen molar-refractivity contribution in [3.05, 3.63) is 11.1 Å². The highest BCUT2D eigenvalue weighted by molar-refractivity contribution is 8.00. The maximum absolute atomic E-state index is 13.1. The fourth-order valence-electron chi connectivity index (χ4n) is 3.61. The van der Waals surface area contributed by atoms with Crippen LogP contribution in [0, 0.1) is 5.41 Å². The number of rotatable bonds is 11. The number of carbonyl (C=O) groups excluding carboxylic acids is 3. The molecule has 2 aliphatic rings. The van der Waals surface area contributed by atoms with Gasteiger partial charge in [0.05, 0.1) is 6.61 Å². The van der Waals surface area contributed by atoms with E-state index in [0.29, 0.717) is 5.16 Å². The second-order valence-electron chi connectivity index (χ2n) is 8.17. The van der Waals surface area contributed by atoms with Crippen molar-refractivity contribution in [1.29, 1.82) is 0 Å². The zero-order chi connectivity index (χ0) is 27.4. The van der Waals surface area contributed by atoms with Crippen LogP contribution in [-0.2, 0) is 35.8 Å². The number of aryl methyl sites for hydroxylation is 1. The van der Waals surface area contributed by atoms with Crippen molar-refractivity contribution in [2.75, 3.05) is 37.0 Å². The number of aliphatic carboxylic acids is 1. The maximum atomic E-state index is 13.1. The number of aromatic nitrogens is 5. The summed E-state index contributed by atoms with van der Waals surface area (Å²) in [6.07, 6.45) is 0. The number of β-lactam (4-membered cyclic amide) rings is 1. The summed E-state index contributed by atoms with van der Waals surface area (Å²) < 4.78 is 6.20. The number of carbonyl (C=O) groups is 4. The molecule has 19 heteroatoms. The van der Waals surface area contributed by atoms with Gasteiger partial charge in [0.1, 0.15) is 22.5 Å². The maximum Gasteiger partial charge on any atom is 0.347 e. The minimum atomic E-state index is -1.23. The van der Waals surface area contributed by atoms with Crippen LogP contribution >= 0.6 is 34.9 Å². The van der Waals surface area contributed by atoms with Crippen molar-refractivity contribution in [1.82, 2.24) is 35.4 Å². The molecule has 0 aliphatic carbocycles. The van der Waals surface area contributed by atoms with Gasteiger partial charge in [0, 0.05) is 30.5 Å². The molecule has 0 radical (unpaired) electrons. The third-order valence-electron chi connectivity index (χ3n) is 5.57. The normalized spacial score (nSPS) is 22.8. The van der Waals surface area contributed by atoms with Gasteiger partial charge in [0.2, 0.25) is 17.7 Å². The van der Waals surface area contributed by atoms with E-state index in [2.05, 4.69) is 31.0 Å². The highest BCUT2D eigenvalue weighted by atomic mass is 32.2. The van der Waals surface area contributed by atoms with Crippen molar-refractivity contribution >= 4 is 69.5 Å². The molecule has 2 aliphatic heterocycles. The number of thiazole rings is 1. The Morgan fingerprint density at radius 1 is 1.42 bits per heavy atom. The lowest BCUT2D eigenvalue weighted by Gasteiger charge is -2.53. The molecule has 3 atom stereocenters. The number of hydrogen-bond acceptors (Lipinski definition) is 15. The van der Waals surface area contributed by atoms with Gasteiger partial charge in [-0.3, -0.25) is 14.4 Å². The van der Waals surface area contributed by atoms with Crippen LogP contribution < -0.4 is 11.1 Å². The molecule has 2 aromatic rings. The van der Waals surface area contributed by atoms with Gasteiger partial charge in [-0.2, -0.15) is 0 Å². The first-order valence-corrected chi connectivity index (χ1v) is 13.9. The quantitative estimate of drug-likeness (QED) is 0.0927. The Morgan fingerprint density at radius 2 is 2.21 bits per heavy atom. The molecular weight excluding hydrogens is 562 g/mol. The molecule has 2 amide bonds. The molecule has 2 unspecified atom stereocenters. The number of hydrogen-bond donors (Lipinski definition) is 3. The van der Waals surface area contributed by atoms with E-state index < -0.39 is 47.2 Å². The van der Waals surface area contributed by atoms with Gasteiger partial charge in [-0.1, -0.05) is 16.9 Å². The van der Waals surface area contributed by atoms with E-state index in [0.717, 1.165) is 11.3 Å². The number of nitrogens with zero attached hydrogens (tertiary/aromatic N) is 7. The predicted octanol–water partition coefficient (Wildman–Crippen LogP) is -1.20. The predicted molar refractivity (Wildman–Crippen MR) is 135 cm³/mol. The van der Waals surface area contributed by atoms with E-state index in [9.17, 15) is 24.3 Å². The highest BCUT2D eigenvalue weighted by Crippen LogP contribution is 2.44. The molecule has 38 heavy (non-hydrogen) atoms. The lowest BCUT2D eigenvalue weighted by Crippen LogP contribution is -2.74. The second kappa shape index (κ2) is 11.5. The third-order valence-corrected chi connectivity index (χ3v) is 9.13. The number of carboxylic acid groups (broad SMARTS) is 1. The Balaban J connectivity index is 1.42. The molecule has 4 heterocycles. The Bertz CT molecular complexity index is 1270. The molecule has 2 saturated heterocycles. The van der Waals surface area contributed by atoms with Crippen LogP contribution in [0.2, 0.25) is 0 Å². The zero-order valence-electron chi connectivity index (χ0n) is 20.1. The Kier molecular flexibility index (Phi) is 8.36. The highest BCUT2D eigenvalue weighted by Gasteiger charge is 2.57. The number of nitrogens with two attached hydrogens (primary N) is 1. The Labute approximate surface area is 227 Å². The molecule has 0 bridgehead atoms. The largest absolute Gasteiger partial charge is 0.481 e. The number of oxime groups is 1. The summed E-state index contributed by atoms with van der Waals surface area (Å²) in [5.41, 5.74) is 4.28. The lowest BCUT2D eigenvalue weighted by molar-refractivity contribution is -0.157. The van der Waals surface area contributed by atoms with Crippen LogP contribution in [-0.4, -0.2) is 107 Å². The summed E-state index contributed by atoms with van der Waals surface area (Å²) in [7, 11) is 1.65. The smallest absolute Gasteiger partial charge is 0.347 e. The van der Waals surface area contributed by atoms with Crippen LogP contribution in [0.1, 0.15) is 12.6 Å². The van der Waals surface area contributed by atoms with E-state index in [4.69, 9.17) is 15.3 Å². The Hall–Kier alpha value is -3.45. The third kappa shape index (κ3) is 5.68. The number of nitrogen functional groups attached to an aromatic ring is 1. The number of fused-ring (bicyclic) bond motifs is 1. The zero-order valence-corrected chi connectivity index (χ0v) is 22.5. The topological polar surface area (TPSA) is 217 Å². The summed E-state index contributed by atoms with van der Waals surface area (Å²) in [4.78, 5) is 60.2. The number of anilines is 1. The first-order chi connectivity index (χ1) is 18.1. The monoisotopic (exact) mass is 585 g/mol. The minimum Gasteiger partial charge on any atom is -0.481 e. The summed E-state index contributed by atoms with van der Waals surface area (Å²) in [6, 6.07) is -0.916. The first kappa shape index (κ1) is 27.6. The van der Waals surface area contributed by atoms with Crippen molar-refractivity contribution in [2.24, 2.45) is 17.6 Å². The second-order valence-corrected chi connectivity index (χ2v) is 11.1. The fraction of sp³-hybridized carbons (Fsp3) is 0.526. The van der Waals surface area contributed by atoms with Crippen molar-refractivity contribution in [3.63, 3.8) is 0 Å². The molecule has 4 rings (SSSR count). The molecule has 0 saturated carbocycles. The summed E-state index contributed by atoms with van der Waals surface area (Å²) >= 11 is 3.51. The van der Waals surface area contributed by atoms with Gasteiger partial charge in [-0.05, 0) is 17.4 Å². The molecule has 2 fully saturated rings. The molecule has 2 aromatic heterocycles. The molecule has 204 valence electrons. The van der Waals surface area contributed by atoms with Crippen molar-refractivity contribution in [2.45, 2.75) is 23.5 Å². The van der Waals surface area contributed by atoms with Crippen LogP contribution in [0.5, 0.6) is 0 Å². The Morgan fingerprint density at radius 3 is 2.84 bits per heavy atom. The molecule has 4 N–H and O–H groups in total. The number of esters is 1. The average molecular weight is 586 g/mol. The summed E-state index contributed by atoms with van der Waals surface area (Å²) in [6.45, 7) is 1.23. The number of amides is 2. The lowest BCUT2D eigenvalue weighted by atomic mass is 9.89. The molecule has 0 spiro atoms. The van der Waals surface area contributed by atoms with E-state index in [1.54, 1.807) is 14.0 Å². The van der Waals surface area contributed by atoms with Gasteiger partial charge in [-0.25, -0.2) is 14.5 Å². The standard InChI is InChI=1S/C19H23N9O7S3/c1-3-34-10(29)4-35-24-11(9-5-36-17(20)21-9)13(30)22-12-14(31)28-6-19(16(32)33,7-37-15(12)28)8-38-18-23-25-26-27(18)2/h5,12,15H,3-4,6-8H2,1-2H3,(H2,20,21)(H,22,30)(H,32,33)/t12?,15-,19?/m1/s1. The van der Waals surface area contributed by atoms with Crippen molar-refractivity contribution < 1.29 is 33.9 Å². The van der Waals surface area contributed by atoms with E-state index >= 15 is 0 Å². The summed E-state index contributed by atoms with van der Waals surface area (Å²) in [5.74, 6) is -2.56.